The van der Waals surface area contributed by atoms with E-state index in [1.165, 1.54) is 5.69 Å². The minimum atomic E-state index is 0.501. The van der Waals surface area contributed by atoms with Gasteiger partial charge in [0.2, 0.25) is 0 Å². The first-order valence-corrected chi connectivity index (χ1v) is 11.1. The molecule has 5 heteroatoms. The van der Waals surface area contributed by atoms with Crippen molar-refractivity contribution in [3.05, 3.63) is 30.3 Å². The summed E-state index contributed by atoms with van der Waals surface area (Å²) in [6, 6.07) is 12.4. The molecule has 2 N–H and O–H groups in total. The molecule has 1 aliphatic rings. The summed E-state index contributed by atoms with van der Waals surface area (Å²) in [5.74, 6) is 0.973. The van der Waals surface area contributed by atoms with Crippen LogP contribution in [-0.4, -0.2) is 61.7 Å². The van der Waals surface area contributed by atoms with Gasteiger partial charge in [0.15, 0.2) is 5.96 Å². The van der Waals surface area contributed by atoms with E-state index >= 15 is 0 Å². The first-order chi connectivity index (χ1) is 13.5. The summed E-state index contributed by atoms with van der Waals surface area (Å²) in [5, 5.41) is 7.08. The van der Waals surface area contributed by atoms with Gasteiger partial charge < -0.3 is 15.5 Å². The molecule has 0 unspecified atom stereocenters. The van der Waals surface area contributed by atoms with E-state index in [-0.39, 0.29) is 0 Å². The van der Waals surface area contributed by atoms with Gasteiger partial charge in [0.25, 0.3) is 0 Å². The Labute approximate surface area is 172 Å². The smallest absolute Gasteiger partial charge is 0.191 e. The van der Waals surface area contributed by atoms with Crippen LogP contribution in [0, 0.1) is 0 Å². The van der Waals surface area contributed by atoms with E-state index < -0.39 is 0 Å². The molecular weight excluding hydrogens is 346 g/mol. The highest BCUT2D eigenvalue weighted by Crippen LogP contribution is 2.19. The molecule has 1 aromatic rings. The van der Waals surface area contributed by atoms with Gasteiger partial charge in [-0.25, -0.2) is 0 Å². The van der Waals surface area contributed by atoms with Crippen LogP contribution in [0.4, 0.5) is 5.69 Å². The molecule has 2 rings (SSSR count). The maximum atomic E-state index is 4.83. The average molecular weight is 388 g/mol. The van der Waals surface area contributed by atoms with Gasteiger partial charge in [0.1, 0.15) is 0 Å². The monoisotopic (exact) mass is 387 g/mol. The lowest BCUT2D eigenvalue weighted by molar-refractivity contribution is 0.174. The molecule has 28 heavy (non-hydrogen) atoms. The maximum absolute atomic E-state index is 4.83. The van der Waals surface area contributed by atoms with Gasteiger partial charge in [-0.05, 0) is 66.0 Å². The second-order valence-electron chi connectivity index (χ2n) is 8.28. The van der Waals surface area contributed by atoms with E-state index in [0.717, 1.165) is 57.9 Å². The van der Waals surface area contributed by atoms with Crippen LogP contribution in [0.5, 0.6) is 0 Å². The first-order valence-electron chi connectivity index (χ1n) is 11.1. The van der Waals surface area contributed by atoms with Gasteiger partial charge >= 0.3 is 0 Å². The van der Waals surface area contributed by atoms with Crippen LogP contribution in [-0.2, 0) is 0 Å². The highest BCUT2D eigenvalue weighted by Gasteiger charge is 2.20. The van der Waals surface area contributed by atoms with Crippen molar-refractivity contribution >= 4 is 11.6 Å². The van der Waals surface area contributed by atoms with Crippen molar-refractivity contribution in [2.24, 2.45) is 4.99 Å². The van der Waals surface area contributed by atoms with Crippen LogP contribution in [0.25, 0.3) is 0 Å². The van der Waals surface area contributed by atoms with E-state index in [4.69, 9.17) is 4.99 Å². The molecule has 0 spiro atoms. The predicted molar refractivity (Wildman–Crippen MR) is 122 cm³/mol. The fourth-order valence-corrected chi connectivity index (χ4v) is 3.99. The molecule has 1 saturated heterocycles. The Bertz CT molecular complexity index is 554. The number of piperidine rings is 1. The second kappa shape index (κ2) is 11.9. The molecule has 158 valence electrons. The van der Waals surface area contributed by atoms with Crippen molar-refractivity contribution in [2.75, 3.05) is 37.6 Å². The van der Waals surface area contributed by atoms with Crippen molar-refractivity contribution < 1.29 is 0 Å². The zero-order chi connectivity index (χ0) is 20.4. The summed E-state index contributed by atoms with van der Waals surface area (Å²) in [4.78, 5) is 9.85. The molecule has 1 heterocycles. The molecule has 1 fully saturated rings. The number of hydrogen-bond acceptors (Lipinski definition) is 3. The van der Waals surface area contributed by atoms with Crippen molar-refractivity contribution in [3.63, 3.8) is 0 Å². The fraction of sp³-hybridized carbons (Fsp3) is 0.696. The normalized spacial score (nSPS) is 16.3. The molecule has 1 aliphatic heterocycles. The Balaban J connectivity index is 1.78. The van der Waals surface area contributed by atoms with E-state index in [2.05, 4.69) is 85.4 Å². The Morgan fingerprint density at radius 2 is 1.75 bits per heavy atom. The Morgan fingerprint density at radius 1 is 1.11 bits per heavy atom. The Morgan fingerprint density at radius 3 is 2.32 bits per heavy atom. The van der Waals surface area contributed by atoms with Gasteiger partial charge in [-0.15, -0.1) is 0 Å². The van der Waals surface area contributed by atoms with Gasteiger partial charge in [0, 0.05) is 56.5 Å². The Hall–Kier alpha value is -1.75. The van der Waals surface area contributed by atoms with E-state index in [1.807, 2.05) is 0 Å². The number of benzene rings is 1. The molecule has 0 radical (unpaired) electrons. The average Bonchev–Trinajstić information content (AvgIpc) is 2.68. The van der Waals surface area contributed by atoms with E-state index in [0.29, 0.717) is 18.1 Å². The van der Waals surface area contributed by atoms with Crippen LogP contribution >= 0.6 is 0 Å². The van der Waals surface area contributed by atoms with Crippen LogP contribution in [0.15, 0.2) is 35.3 Å². The van der Waals surface area contributed by atoms with Crippen molar-refractivity contribution in [3.8, 4) is 0 Å². The van der Waals surface area contributed by atoms with Crippen molar-refractivity contribution in [1.29, 1.82) is 0 Å². The minimum Gasteiger partial charge on any atom is -0.371 e. The SMILES string of the molecule is CCNC(=NCCCN(C(C)C)C(C)C)NC1CCN(c2ccccc2)CC1. The number of nitrogens with one attached hydrogen (secondary N) is 2. The topological polar surface area (TPSA) is 42.9 Å². The number of hydrogen-bond donors (Lipinski definition) is 2. The number of nitrogens with zero attached hydrogens (tertiary/aromatic N) is 3. The van der Waals surface area contributed by atoms with Gasteiger partial charge in [-0.1, -0.05) is 18.2 Å². The number of rotatable bonds is 9. The highest BCUT2D eigenvalue weighted by molar-refractivity contribution is 5.80. The highest BCUT2D eigenvalue weighted by atomic mass is 15.2. The molecule has 0 bridgehead atoms. The molecule has 0 atom stereocenters. The number of aliphatic imine (C=N–C) groups is 1. The van der Waals surface area contributed by atoms with Crippen LogP contribution < -0.4 is 15.5 Å². The third-order valence-electron chi connectivity index (χ3n) is 5.47. The van der Waals surface area contributed by atoms with Gasteiger partial charge in [0.05, 0.1) is 0 Å². The summed E-state index contributed by atoms with van der Waals surface area (Å²) in [7, 11) is 0. The molecule has 5 nitrogen and oxygen atoms in total. The minimum absolute atomic E-state index is 0.501. The van der Waals surface area contributed by atoms with Crippen LogP contribution in [0.1, 0.15) is 53.9 Å². The molecule has 0 amide bonds. The van der Waals surface area contributed by atoms with E-state index in [1.54, 1.807) is 0 Å². The lowest BCUT2D eigenvalue weighted by Crippen LogP contribution is -2.48. The second-order valence-corrected chi connectivity index (χ2v) is 8.28. The summed E-state index contributed by atoms with van der Waals surface area (Å²) in [5.41, 5.74) is 1.33. The lowest BCUT2D eigenvalue weighted by atomic mass is 10.0. The van der Waals surface area contributed by atoms with Crippen molar-refractivity contribution in [2.45, 2.75) is 72.0 Å². The van der Waals surface area contributed by atoms with E-state index in [9.17, 15) is 0 Å². The third kappa shape index (κ3) is 7.34. The number of guanidine groups is 1. The molecular formula is C23H41N5. The summed E-state index contributed by atoms with van der Waals surface area (Å²) < 4.78 is 0. The quantitative estimate of drug-likeness (QED) is 0.385. The van der Waals surface area contributed by atoms with Gasteiger partial charge in [-0.3, -0.25) is 9.89 Å². The predicted octanol–water partition coefficient (Wildman–Crippen LogP) is 3.72. The van der Waals surface area contributed by atoms with Crippen LogP contribution in [0.2, 0.25) is 0 Å². The molecule has 0 aliphatic carbocycles. The maximum Gasteiger partial charge on any atom is 0.191 e. The Kier molecular flexibility index (Phi) is 9.62. The zero-order valence-electron chi connectivity index (χ0n) is 18.6. The number of para-hydroxylation sites is 1. The largest absolute Gasteiger partial charge is 0.371 e. The van der Waals surface area contributed by atoms with Crippen molar-refractivity contribution in [1.82, 2.24) is 15.5 Å². The van der Waals surface area contributed by atoms with Crippen LogP contribution in [0.3, 0.4) is 0 Å². The lowest BCUT2D eigenvalue weighted by Gasteiger charge is -2.34. The molecule has 0 saturated carbocycles. The first kappa shape index (κ1) is 22.5. The number of anilines is 1. The summed E-state index contributed by atoms with van der Waals surface area (Å²) >= 11 is 0. The summed E-state index contributed by atoms with van der Waals surface area (Å²) in [6.45, 7) is 16.3. The molecule has 1 aromatic carbocycles. The zero-order valence-corrected chi connectivity index (χ0v) is 18.6. The third-order valence-corrected chi connectivity index (χ3v) is 5.47. The fourth-order valence-electron chi connectivity index (χ4n) is 3.99. The standard InChI is InChI=1S/C23H41N5/c1-6-24-23(25-15-10-16-28(19(2)3)20(4)5)26-21-13-17-27(18-14-21)22-11-8-7-9-12-22/h7-9,11-12,19-21H,6,10,13-18H2,1-5H3,(H2,24,25,26). The summed E-state index contributed by atoms with van der Waals surface area (Å²) in [6.07, 6.45) is 3.39. The van der Waals surface area contributed by atoms with Gasteiger partial charge in [-0.2, -0.15) is 0 Å². The molecule has 0 aromatic heterocycles.